The van der Waals surface area contributed by atoms with Gasteiger partial charge in [-0.3, -0.25) is 14.4 Å². The minimum atomic E-state index is -1.69. The summed E-state index contributed by atoms with van der Waals surface area (Å²) in [6.07, 6.45) is 1.18. The monoisotopic (exact) mass is 498 g/mol. The van der Waals surface area contributed by atoms with Crippen LogP contribution in [0.3, 0.4) is 0 Å². The summed E-state index contributed by atoms with van der Waals surface area (Å²) in [7, 11) is 0. The molecule has 8 heteroatoms. The van der Waals surface area contributed by atoms with Crippen molar-refractivity contribution in [2.45, 2.75) is 77.7 Å². The van der Waals surface area contributed by atoms with Crippen molar-refractivity contribution < 1.29 is 33.0 Å². The number of esters is 1. The summed E-state index contributed by atoms with van der Waals surface area (Å²) in [6.45, 7) is 7.20. The summed E-state index contributed by atoms with van der Waals surface area (Å²) in [6, 6.07) is 0. The first-order chi connectivity index (χ1) is 15.9. The fourth-order valence-corrected chi connectivity index (χ4v) is 8.35. The number of carbonyl (C=O) groups excluding carboxylic acids is 3. The highest BCUT2D eigenvalue weighted by molar-refractivity contribution is 6.29. The van der Waals surface area contributed by atoms with Gasteiger partial charge >= 0.3 is 5.97 Å². The second-order valence-corrected chi connectivity index (χ2v) is 11.3. The molecule has 1 N–H and O–H groups in total. The fraction of sp³-hybridized carbons (Fsp3) is 0.731. The van der Waals surface area contributed by atoms with Gasteiger partial charge in [0.1, 0.15) is 6.17 Å². The van der Waals surface area contributed by atoms with Crippen LogP contribution in [0.25, 0.3) is 0 Å². The standard InChI is InChI=1S/C26H33ClF2O5/c1-5-6-20(33)34-26(19(32)12-27)13(2)9-15-14-10-16(28)22-23(29)17(30)7-8-24(22,3)21(14)18(31)11-25(15,26)4/h7-8,13-16,18,21,31H,5-6,9-12H2,1-4H3/t13?,14-,15-,16?,18?,21+,24+,25-,26-/m0/s1. The van der Waals surface area contributed by atoms with Crippen LogP contribution in [0.15, 0.2) is 23.6 Å². The van der Waals surface area contributed by atoms with Crippen LogP contribution in [0.5, 0.6) is 0 Å². The highest BCUT2D eigenvalue weighted by Gasteiger charge is 2.73. The smallest absolute Gasteiger partial charge is 0.306 e. The zero-order chi connectivity index (χ0) is 25.2. The van der Waals surface area contributed by atoms with Crippen LogP contribution in [0.1, 0.15) is 59.8 Å². The van der Waals surface area contributed by atoms with Crippen molar-refractivity contribution in [3.63, 3.8) is 0 Å². The fourth-order valence-electron chi connectivity index (χ4n) is 8.15. The molecule has 0 aromatic carbocycles. The SMILES string of the molecule is CCCC(=O)O[C@]1(C(=O)CCl)C(C)C[C@H]2[C@@H]3CC(F)C4=C(F)C(=O)C=C[C@]4(C)[C@H]3C(O)C[C@@]21C. The number of alkyl halides is 2. The Morgan fingerprint density at radius 3 is 2.59 bits per heavy atom. The van der Waals surface area contributed by atoms with E-state index in [4.69, 9.17) is 16.3 Å². The molecule has 34 heavy (non-hydrogen) atoms. The van der Waals surface area contributed by atoms with E-state index in [-0.39, 0.29) is 42.6 Å². The number of carbonyl (C=O) groups is 3. The molecule has 3 fully saturated rings. The van der Waals surface area contributed by atoms with Crippen LogP contribution < -0.4 is 0 Å². The zero-order valence-electron chi connectivity index (χ0n) is 20.1. The van der Waals surface area contributed by atoms with Crippen LogP contribution >= 0.6 is 11.6 Å². The Labute approximate surface area is 203 Å². The molecule has 4 rings (SSSR count). The third-order valence-corrected chi connectivity index (χ3v) is 9.60. The average molecular weight is 499 g/mol. The third kappa shape index (κ3) is 3.22. The second-order valence-electron chi connectivity index (χ2n) is 11.0. The number of rotatable bonds is 5. The van der Waals surface area contributed by atoms with E-state index >= 15 is 4.39 Å². The minimum absolute atomic E-state index is 0.0672. The van der Waals surface area contributed by atoms with Gasteiger partial charge in [-0.25, -0.2) is 8.78 Å². The van der Waals surface area contributed by atoms with Crippen molar-refractivity contribution in [1.29, 1.82) is 0 Å². The largest absolute Gasteiger partial charge is 0.450 e. The summed E-state index contributed by atoms with van der Waals surface area (Å²) >= 11 is 6.03. The molecule has 0 aromatic heterocycles. The van der Waals surface area contributed by atoms with Crippen molar-refractivity contribution in [2.24, 2.45) is 34.5 Å². The Bertz CT molecular complexity index is 978. The van der Waals surface area contributed by atoms with E-state index < -0.39 is 63.9 Å². The number of aliphatic hydroxyl groups excluding tert-OH is 1. The number of ether oxygens (including phenoxy) is 1. The quantitative estimate of drug-likeness (QED) is 0.441. The number of aliphatic hydroxyl groups is 1. The molecule has 0 aliphatic heterocycles. The Morgan fingerprint density at radius 2 is 1.97 bits per heavy atom. The van der Waals surface area contributed by atoms with Gasteiger partial charge in [0.25, 0.3) is 0 Å². The second kappa shape index (κ2) is 8.51. The number of hydrogen-bond donors (Lipinski definition) is 1. The number of halogens is 3. The summed E-state index contributed by atoms with van der Waals surface area (Å²) < 4.78 is 36.4. The third-order valence-electron chi connectivity index (χ3n) is 9.36. The van der Waals surface area contributed by atoms with Crippen molar-refractivity contribution in [1.82, 2.24) is 0 Å². The topological polar surface area (TPSA) is 80.7 Å². The lowest BCUT2D eigenvalue weighted by atomic mass is 9.45. The number of allylic oxidation sites excluding steroid dienone is 4. The van der Waals surface area contributed by atoms with Crippen LogP contribution in [0.2, 0.25) is 0 Å². The molecule has 3 unspecified atom stereocenters. The summed E-state index contributed by atoms with van der Waals surface area (Å²) in [5, 5.41) is 11.5. The minimum Gasteiger partial charge on any atom is -0.450 e. The lowest BCUT2D eigenvalue weighted by Gasteiger charge is -2.60. The van der Waals surface area contributed by atoms with Crippen molar-refractivity contribution in [3.05, 3.63) is 23.6 Å². The Morgan fingerprint density at radius 1 is 1.29 bits per heavy atom. The summed E-state index contributed by atoms with van der Waals surface area (Å²) in [4.78, 5) is 38.0. The number of ketones is 2. The highest BCUT2D eigenvalue weighted by Crippen LogP contribution is 2.69. The van der Waals surface area contributed by atoms with E-state index in [9.17, 15) is 23.9 Å². The molecule has 0 heterocycles. The van der Waals surface area contributed by atoms with Crippen LogP contribution in [-0.4, -0.2) is 46.4 Å². The van der Waals surface area contributed by atoms with Crippen LogP contribution in [-0.2, 0) is 19.1 Å². The Hall–Kier alpha value is -1.60. The normalized spacial score (nSPS) is 45.5. The maximum Gasteiger partial charge on any atom is 0.306 e. The van der Waals surface area contributed by atoms with Crippen molar-refractivity contribution in [3.8, 4) is 0 Å². The lowest BCUT2D eigenvalue weighted by Crippen LogP contribution is -2.64. The molecule has 0 spiro atoms. The summed E-state index contributed by atoms with van der Waals surface area (Å²) in [5.74, 6) is -4.76. The first kappa shape index (κ1) is 25.5. The van der Waals surface area contributed by atoms with E-state index in [0.29, 0.717) is 12.8 Å². The number of fused-ring (bicyclic) bond motifs is 5. The molecule has 0 aromatic rings. The molecule has 188 valence electrons. The number of Topliss-reactive ketones (excluding diaryl/α,β-unsaturated/α-hetero) is 1. The Kier molecular flexibility index (Phi) is 6.38. The molecule has 0 amide bonds. The van der Waals surface area contributed by atoms with Gasteiger partial charge in [-0.15, -0.1) is 11.6 Å². The first-order valence-corrected chi connectivity index (χ1v) is 12.7. The molecule has 0 saturated heterocycles. The summed E-state index contributed by atoms with van der Waals surface area (Å²) in [5.41, 5.74) is -3.84. The van der Waals surface area contributed by atoms with E-state index in [1.54, 1.807) is 6.92 Å². The molecular formula is C26H33ClF2O5. The maximum absolute atomic E-state index is 15.6. The van der Waals surface area contributed by atoms with Gasteiger partial charge in [0, 0.05) is 34.7 Å². The molecule has 5 nitrogen and oxygen atoms in total. The van der Waals surface area contributed by atoms with Gasteiger partial charge in [0.15, 0.2) is 17.2 Å². The molecule has 9 atom stereocenters. The van der Waals surface area contributed by atoms with Crippen molar-refractivity contribution in [2.75, 3.05) is 5.88 Å². The molecule has 4 aliphatic rings. The van der Waals surface area contributed by atoms with E-state index in [0.717, 1.165) is 6.08 Å². The highest BCUT2D eigenvalue weighted by atomic mass is 35.5. The predicted molar refractivity (Wildman–Crippen MR) is 122 cm³/mol. The van der Waals surface area contributed by atoms with E-state index in [1.165, 1.54) is 6.08 Å². The molecule has 0 bridgehead atoms. The van der Waals surface area contributed by atoms with Crippen molar-refractivity contribution >= 4 is 29.1 Å². The van der Waals surface area contributed by atoms with E-state index in [1.807, 2.05) is 20.8 Å². The van der Waals surface area contributed by atoms with Gasteiger partial charge < -0.3 is 9.84 Å². The zero-order valence-corrected chi connectivity index (χ0v) is 20.8. The van der Waals surface area contributed by atoms with Crippen LogP contribution in [0, 0.1) is 34.5 Å². The Balaban J connectivity index is 1.83. The average Bonchev–Trinajstić information content (AvgIpc) is 2.97. The van der Waals surface area contributed by atoms with Gasteiger partial charge in [-0.05, 0) is 43.6 Å². The lowest BCUT2D eigenvalue weighted by molar-refractivity contribution is -0.204. The van der Waals surface area contributed by atoms with Crippen LogP contribution in [0.4, 0.5) is 8.78 Å². The molecule has 3 saturated carbocycles. The molecule has 0 radical (unpaired) electrons. The van der Waals surface area contributed by atoms with Gasteiger partial charge in [-0.1, -0.05) is 33.8 Å². The number of hydrogen-bond acceptors (Lipinski definition) is 5. The first-order valence-electron chi connectivity index (χ1n) is 12.2. The maximum atomic E-state index is 15.6. The van der Waals surface area contributed by atoms with Gasteiger partial charge in [0.05, 0.1) is 12.0 Å². The molecule has 4 aliphatic carbocycles. The molecular weight excluding hydrogens is 466 g/mol. The van der Waals surface area contributed by atoms with E-state index in [2.05, 4.69) is 0 Å². The van der Waals surface area contributed by atoms with Gasteiger partial charge in [-0.2, -0.15) is 0 Å². The van der Waals surface area contributed by atoms with Gasteiger partial charge in [0.2, 0.25) is 5.78 Å². The predicted octanol–water partition coefficient (Wildman–Crippen LogP) is 4.65.